The molecule has 0 amide bonds. The molecule has 0 saturated carbocycles. The minimum absolute atomic E-state index is 0.226. The molecule has 0 aliphatic heterocycles. The van der Waals surface area contributed by atoms with Gasteiger partial charge in [-0.3, -0.25) is 0 Å². The number of hydrogen-bond acceptors (Lipinski definition) is 6. The van der Waals surface area contributed by atoms with E-state index in [0.717, 1.165) is 129 Å². The van der Waals surface area contributed by atoms with E-state index in [1.54, 1.807) is 0 Å². The fraction of sp³-hybridized carbons (Fsp3) is 0.0392. The zero-order valence-corrected chi connectivity index (χ0v) is 61.0. The van der Waals surface area contributed by atoms with Gasteiger partial charge in [0.05, 0.1) is 66.9 Å². The summed E-state index contributed by atoms with van der Waals surface area (Å²) >= 11 is 0. The third kappa shape index (κ3) is 11.2. The van der Waals surface area contributed by atoms with Crippen LogP contribution in [0.5, 0.6) is 0 Å². The van der Waals surface area contributed by atoms with Crippen molar-refractivity contribution in [1.82, 2.24) is 29.1 Å². The predicted octanol–water partition coefficient (Wildman–Crippen LogP) is 27.3. The van der Waals surface area contributed by atoms with Crippen molar-refractivity contribution in [2.45, 2.75) is 26.2 Å². The van der Waals surface area contributed by atoms with E-state index < -0.39 is 0 Å². The lowest BCUT2D eigenvalue weighted by Crippen LogP contribution is -2.17. The van der Waals surface area contributed by atoms with Gasteiger partial charge >= 0.3 is 0 Å². The van der Waals surface area contributed by atoms with E-state index in [2.05, 4.69) is 416 Å². The van der Waals surface area contributed by atoms with Crippen LogP contribution in [0.25, 0.3) is 154 Å². The van der Waals surface area contributed by atoms with Gasteiger partial charge in [0, 0.05) is 111 Å². The maximum atomic E-state index is 5.49. The maximum Gasteiger partial charge on any atom is 0.0979 e. The molecule has 21 rings (SSSR count). The molecule has 0 spiro atoms. The molecule has 0 saturated heterocycles. The minimum Gasteiger partial charge on any atom is -0.311 e. The minimum atomic E-state index is -0.226. The van der Waals surface area contributed by atoms with E-state index in [1.165, 1.54) is 65.2 Å². The molecule has 0 unspecified atom stereocenters. The van der Waals surface area contributed by atoms with Crippen molar-refractivity contribution in [3.8, 4) is 45.1 Å². The van der Waals surface area contributed by atoms with Crippen LogP contribution in [0.3, 0.4) is 0 Å². The number of aromatic nitrogens is 6. The van der Waals surface area contributed by atoms with Gasteiger partial charge in [-0.25, -0.2) is 19.9 Å². The molecule has 8 heteroatoms. The summed E-state index contributed by atoms with van der Waals surface area (Å²) in [6.07, 6.45) is 0. The standard InChI is InChI=1S/C52H34N4.C50H38N4/c1-3-15-35(16-4-1)49-50(54-52-46-24-10-8-20-42(46)41-19-7-9-23-45(41)51(52)53-49)36-27-29-38(30-28-36)55(37-17-5-2-6-18-37)39-31-33-40(34-32-39)56-47-25-13-11-21-43(47)44-22-12-14-26-48(44)56;1-50(2,3)49-46(51-47-42-21-9-7-17-38(42)39-18-8-10-22-43(39)48(47)52-49)33-25-27-35(28-26-33)53(34-15-5-4-6-16-34)36-29-31-37(32-30-36)54-44-23-13-11-19-40(44)41-20-12-14-24-45(41)54/h1-34H;4-32H,1-3H3. The average Bonchev–Trinajstić information content (AvgIpc) is 0.923. The van der Waals surface area contributed by atoms with Crippen molar-refractivity contribution in [2.75, 3.05) is 9.80 Å². The highest BCUT2D eigenvalue weighted by Crippen LogP contribution is 2.45. The molecule has 4 heterocycles. The van der Waals surface area contributed by atoms with E-state index in [9.17, 15) is 0 Å². The van der Waals surface area contributed by atoms with Gasteiger partial charge < -0.3 is 18.9 Å². The van der Waals surface area contributed by atoms with Gasteiger partial charge in [-0.1, -0.05) is 282 Å². The van der Waals surface area contributed by atoms with Crippen LogP contribution in [0, 0.1) is 0 Å². The Morgan fingerprint density at radius 1 is 0.200 bits per heavy atom. The lowest BCUT2D eigenvalue weighted by Gasteiger charge is -2.26. The summed E-state index contributed by atoms with van der Waals surface area (Å²) in [4.78, 5) is 26.5. The Morgan fingerprint density at radius 2 is 0.427 bits per heavy atom. The Bertz CT molecular complexity index is 6980. The molecule has 520 valence electrons. The second-order valence-electron chi connectivity index (χ2n) is 29.2. The first-order valence-corrected chi connectivity index (χ1v) is 37.6. The van der Waals surface area contributed by atoms with E-state index >= 15 is 0 Å². The monoisotopic (exact) mass is 1410 g/mol. The number of rotatable bonds is 11. The molecular formula is C102H72N8. The van der Waals surface area contributed by atoms with Crippen LogP contribution in [0.4, 0.5) is 34.1 Å². The van der Waals surface area contributed by atoms with Gasteiger partial charge in [-0.05, 0) is 143 Å². The van der Waals surface area contributed by atoms with Crippen molar-refractivity contribution in [3.05, 3.63) is 388 Å². The summed E-state index contributed by atoms with van der Waals surface area (Å²) in [6.45, 7) is 6.68. The van der Waals surface area contributed by atoms with Crippen LogP contribution in [-0.4, -0.2) is 29.1 Å². The number of fused-ring (bicyclic) bond motifs is 18. The Labute approximate surface area is 637 Å². The first-order valence-electron chi connectivity index (χ1n) is 37.6. The second-order valence-corrected chi connectivity index (χ2v) is 29.2. The van der Waals surface area contributed by atoms with Gasteiger partial charge in [0.1, 0.15) is 0 Å². The molecule has 0 radical (unpaired) electrons. The van der Waals surface area contributed by atoms with Gasteiger partial charge in [0.25, 0.3) is 0 Å². The van der Waals surface area contributed by atoms with Crippen molar-refractivity contribution >= 4 is 143 Å². The van der Waals surface area contributed by atoms with Crippen LogP contribution in [0.15, 0.2) is 382 Å². The van der Waals surface area contributed by atoms with E-state index in [1.807, 2.05) is 6.07 Å². The van der Waals surface area contributed by atoms with E-state index in [0.29, 0.717) is 0 Å². The summed E-state index contributed by atoms with van der Waals surface area (Å²) in [5.41, 5.74) is 23.7. The molecule has 0 fully saturated rings. The molecule has 21 aromatic rings. The third-order valence-corrected chi connectivity index (χ3v) is 21.6. The fourth-order valence-electron chi connectivity index (χ4n) is 16.5. The molecule has 8 nitrogen and oxygen atoms in total. The number of para-hydroxylation sites is 6. The first kappa shape index (κ1) is 65.2. The lowest BCUT2D eigenvalue weighted by molar-refractivity contribution is 0.571. The largest absolute Gasteiger partial charge is 0.311 e. The molecule has 110 heavy (non-hydrogen) atoms. The highest BCUT2D eigenvalue weighted by Gasteiger charge is 2.27. The van der Waals surface area contributed by atoms with Gasteiger partial charge in [-0.15, -0.1) is 0 Å². The summed E-state index contributed by atoms with van der Waals surface area (Å²) in [5.74, 6) is 0. The SMILES string of the molecule is CC(C)(C)c1nc2c3ccccc3c3ccccc3c2nc1-c1ccc(N(c2ccccc2)c2ccc(-n3c4ccccc4c4ccccc43)cc2)cc1.c1ccc(-c2nc3c4ccccc4c4ccccc4c3nc2-c2ccc(N(c3ccccc3)c3ccc(-n4c5ccccc5c5ccccc54)cc3)cc2)cc1. The van der Waals surface area contributed by atoms with Crippen LogP contribution in [0.1, 0.15) is 26.5 Å². The van der Waals surface area contributed by atoms with Gasteiger partial charge in [0.15, 0.2) is 0 Å². The molecule has 0 aliphatic carbocycles. The number of hydrogen-bond donors (Lipinski definition) is 0. The van der Waals surface area contributed by atoms with Crippen LogP contribution < -0.4 is 9.80 Å². The van der Waals surface area contributed by atoms with E-state index in [4.69, 9.17) is 19.9 Å². The summed E-state index contributed by atoms with van der Waals surface area (Å²) < 4.78 is 4.72. The fourth-order valence-corrected chi connectivity index (χ4v) is 16.5. The van der Waals surface area contributed by atoms with Crippen molar-refractivity contribution in [1.29, 1.82) is 0 Å². The molecule has 0 atom stereocenters. The van der Waals surface area contributed by atoms with Gasteiger partial charge in [-0.2, -0.15) is 0 Å². The number of benzene rings is 17. The zero-order valence-electron chi connectivity index (χ0n) is 61.0. The van der Waals surface area contributed by atoms with Crippen molar-refractivity contribution in [2.24, 2.45) is 0 Å². The Balaban J connectivity index is 0.000000144. The first-order chi connectivity index (χ1) is 54.2. The molecule has 0 N–H and O–H groups in total. The van der Waals surface area contributed by atoms with Gasteiger partial charge in [0.2, 0.25) is 0 Å². The zero-order chi connectivity index (χ0) is 73.4. The number of anilines is 6. The summed E-state index contributed by atoms with van der Waals surface area (Å²) in [6, 6.07) is 136. The van der Waals surface area contributed by atoms with Crippen LogP contribution in [0.2, 0.25) is 0 Å². The topological polar surface area (TPSA) is 67.9 Å². The Morgan fingerprint density at radius 3 is 0.745 bits per heavy atom. The Hall–Kier alpha value is -14.3. The molecule has 0 aliphatic rings. The predicted molar refractivity (Wildman–Crippen MR) is 462 cm³/mol. The molecule has 0 bridgehead atoms. The normalized spacial score (nSPS) is 11.8. The number of nitrogens with zero attached hydrogens (tertiary/aromatic N) is 8. The van der Waals surface area contributed by atoms with Crippen molar-refractivity contribution in [3.63, 3.8) is 0 Å². The molecule has 17 aromatic carbocycles. The van der Waals surface area contributed by atoms with Crippen LogP contribution >= 0.6 is 0 Å². The third-order valence-electron chi connectivity index (χ3n) is 21.6. The van der Waals surface area contributed by atoms with Crippen LogP contribution in [-0.2, 0) is 5.41 Å². The molecular weight excluding hydrogens is 1340 g/mol. The smallest absolute Gasteiger partial charge is 0.0979 e. The Kier molecular flexibility index (Phi) is 16.0. The second kappa shape index (κ2) is 26.9. The van der Waals surface area contributed by atoms with Crippen molar-refractivity contribution < 1.29 is 0 Å². The highest BCUT2D eigenvalue weighted by molar-refractivity contribution is 6.25. The summed E-state index contributed by atoms with van der Waals surface area (Å²) in [5, 5.41) is 14.3. The summed E-state index contributed by atoms with van der Waals surface area (Å²) in [7, 11) is 0. The lowest BCUT2D eigenvalue weighted by atomic mass is 9.87. The highest BCUT2D eigenvalue weighted by atomic mass is 15.1. The average molecular weight is 1410 g/mol. The molecule has 4 aromatic heterocycles. The maximum absolute atomic E-state index is 5.49. The van der Waals surface area contributed by atoms with E-state index in [-0.39, 0.29) is 5.41 Å². The quantitative estimate of drug-likeness (QED) is 0.120.